The van der Waals surface area contributed by atoms with E-state index < -0.39 is 0 Å². The smallest absolute Gasteiger partial charge is 0.253 e. The second kappa shape index (κ2) is 8.37. The minimum Gasteiger partial charge on any atom is -0.399 e. The summed E-state index contributed by atoms with van der Waals surface area (Å²) in [5.41, 5.74) is 12.7. The monoisotopic (exact) mass is 265 g/mol. The van der Waals surface area contributed by atoms with Gasteiger partial charge in [-0.3, -0.25) is 4.79 Å². The number of unbranched alkanes of at least 4 members (excludes halogenated alkanes) is 1. The summed E-state index contributed by atoms with van der Waals surface area (Å²) in [4.78, 5) is 11.8. The van der Waals surface area contributed by atoms with E-state index in [1.54, 1.807) is 18.2 Å². The molecule has 0 aliphatic heterocycles. The van der Waals surface area contributed by atoms with Crippen LogP contribution in [0.15, 0.2) is 18.2 Å². The van der Waals surface area contributed by atoms with Gasteiger partial charge in [0.05, 0.1) is 5.56 Å². The standard InChI is InChI=1S/C14H23N3O2/c1-2-3-8-19-9-4-7-17-14(18)12-6-5-11(15)10-13(12)16/h5-6,10H,2-4,7-9,15-16H2,1H3,(H,17,18). The number of benzene rings is 1. The zero-order chi connectivity index (χ0) is 14.1. The van der Waals surface area contributed by atoms with Gasteiger partial charge in [-0.25, -0.2) is 0 Å². The molecule has 1 aromatic carbocycles. The molecule has 0 radical (unpaired) electrons. The van der Waals surface area contributed by atoms with Crippen LogP contribution in [0.3, 0.4) is 0 Å². The van der Waals surface area contributed by atoms with E-state index in [0.717, 1.165) is 25.9 Å². The molecule has 0 saturated carbocycles. The molecule has 5 N–H and O–H groups in total. The Hall–Kier alpha value is -1.75. The highest BCUT2D eigenvalue weighted by molar-refractivity contribution is 5.99. The van der Waals surface area contributed by atoms with Crippen molar-refractivity contribution in [3.63, 3.8) is 0 Å². The van der Waals surface area contributed by atoms with Crippen LogP contribution in [-0.2, 0) is 4.74 Å². The lowest BCUT2D eigenvalue weighted by atomic mass is 10.1. The van der Waals surface area contributed by atoms with Gasteiger partial charge in [0.1, 0.15) is 0 Å². The third-order valence-electron chi connectivity index (χ3n) is 2.71. The van der Waals surface area contributed by atoms with Gasteiger partial charge in [0.25, 0.3) is 5.91 Å². The van der Waals surface area contributed by atoms with Crippen LogP contribution in [0, 0.1) is 0 Å². The van der Waals surface area contributed by atoms with Gasteiger partial charge in [-0.1, -0.05) is 13.3 Å². The molecule has 106 valence electrons. The Morgan fingerprint density at radius 2 is 2.00 bits per heavy atom. The molecular formula is C14H23N3O2. The number of hydrogen-bond donors (Lipinski definition) is 3. The number of nitrogens with one attached hydrogen (secondary N) is 1. The van der Waals surface area contributed by atoms with Crippen molar-refractivity contribution in [2.45, 2.75) is 26.2 Å². The molecule has 0 fully saturated rings. The number of carbonyl (C=O) groups excluding carboxylic acids is 1. The fourth-order valence-electron chi connectivity index (χ4n) is 1.61. The molecule has 0 heterocycles. The van der Waals surface area contributed by atoms with Gasteiger partial charge in [-0.2, -0.15) is 0 Å². The Balaban J connectivity index is 2.24. The van der Waals surface area contributed by atoms with E-state index in [1.807, 2.05) is 0 Å². The molecule has 19 heavy (non-hydrogen) atoms. The molecule has 0 bridgehead atoms. The maximum absolute atomic E-state index is 11.8. The fraction of sp³-hybridized carbons (Fsp3) is 0.500. The number of rotatable bonds is 8. The van der Waals surface area contributed by atoms with E-state index in [-0.39, 0.29) is 5.91 Å². The zero-order valence-corrected chi connectivity index (χ0v) is 11.4. The van der Waals surface area contributed by atoms with Crippen LogP contribution in [-0.4, -0.2) is 25.7 Å². The van der Waals surface area contributed by atoms with Crippen LogP contribution in [0.1, 0.15) is 36.5 Å². The van der Waals surface area contributed by atoms with E-state index in [4.69, 9.17) is 16.2 Å². The van der Waals surface area contributed by atoms with Crippen molar-refractivity contribution in [2.75, 3.05) is 31.2 Å². The highest BCUT2D eigenvalue weighted by Gasteiger charge is 2.08. The van der Waals surface area contributed by atoms with Gasteiger partial charge < -0.3 is 21.5 Å². The van der Waals surface area contributed by atoms with Crippen molar-refractivity contribution in [1.29, 1.82) is 0 Å². The molecular weight excluding hydrogens is 242 g/mol. The van der Waals surface area contributed by atoms with E-state index in [1.165, 1.54) is 0 Å². The first-order valence-corrected chi connectivity index (χ1v) is 6.66. The van der Waals surface area contributed by atoms with Crippen LogP contribution in [0.4, 0.5) is 11.4 Å². The molecule has 0 atom stereocenters. The molecule has 0 spiro atoms. The lowest BCUT2D eigenvalue weighted by molar-refractivity contribution is 0.0941. The number of nitrogen functional groups attached to an aromatic ring is 2. The lowest BCUT2D eigenvalue weighted by Gasteiger charge is -2.08. The molecule has 1 aromatic rings. The van der Waals surface area contributed by atoms with E-state index >= 15 is 0 Å². The SMILES string of the molecule is CCCCOCCCNC(=O)c1ccc(N)cc1N. The van der Waals surface area contributed by atoms with Gasteiger partial charge in [0, 0.05) is 31.1 Å². The molecule has 0 aromatic heterocycles. The van der Waals surface area contributed by atoms with Crippen LogP contribution in [0.2, 0.25) is 0 Å². The molecule has 0 aliphatic carbocycles. The number of hydrogen-bond acceptors (Lipinski definition) is 4. The second-order valence-corrected chi connectivity index (χ2v) is 4.42. The number of anilines is 2. The average Bonchev–Trinajstić information content (AvgIpc) is 2.37. The first-order chi connectivity index (χ1) is 9.15. The highest BCUT2D eigenvalue weighted by atomic mass is 16.5. The predicted octanol–water partition coefficient (Wildman–Crippen LogP) is 1.79. The Kier molecular flexibility index (Phi) is 6.74. The van der Waals surface area contributed by atoms with Crippen molar-refractivity contribution in [3.8, 4) is 0 Å². The summed E-state index contributed by atoms with van der Waals surface area (Å²) in [5.74, 6) is -0.175. The number of ether oxygens (including phenoxy) is 1. The summed E-state index contributed by atoms with van der Waals surface area (Å²) in [6.45, 7) is 4.15. The Labute approximate surface area is 114 Å². The Morgan fingerprint density at radius 3 is 2.68 bits per heavy atom. The molecule has 5 nitrogen and oxygen atoms in total. The number of nitrogens with two attached hydrogens (primary N) is 2. The predicted molar refractivity (Wildman–Crippen MR) is 77.9 cm³/mol. The summed E-state index contributed by atoms with van der Waals surface area (Å²) in [7, 11) is 0. The molecule has 0 saturated heterocycles. The summed E-state index contributed by atoms with van der Waals surface area (Å²) in [6, 6.07) is 4.89. The van der Waals surface area contributed by atoms with E-state index in [2.05, 4.69) is 12.2 Å². The summed E-state index contributed by atoms with van der Waals surface area (Å²) >= 11 is 0. The largest absolute Gasteiger partial charge is 0.399 e. The molecule has 1 rings (SSSR count). The van der Waals surface area contributed by atoms with Crippen molar-refractivity contribution >= 4 is 17.3 Å². The maximum Gasteiger partial charge on any atom is 0.253 e. The molecule has 5 heteroatoms. The maximum atomic E-state index is 11.8. The van der Waals surface area contributed by atoms with E-state index in [0.29, 0.717) is 30.1 Å². The van der Waals surface area contributed by atoms with Crippen molar-refractivity contribution in [1.82, 2.24) is 5.32 Å². The third kappa shape index (κ3) is 5.61. The van der Waals surface area contributed by atoms with E-state index in [9.17, 15) is 4.79 Å². The highest BCUT2D eigenvalue weighted by Crippen LogP contribution is 2.15. The minimum atomic E-state index is -0.175. The van der Waals surface area contributed by atoms with Crippen molar-refractivity contribution in [3.05, 3.63) is 23.8 Å². The number of carbonyl (C=O) groups is 1. The normalized spacial score (nSPS) is 10.4. The fourth-order valence-corrected chi connectivity index (χ4v) is 1.61. The Bertz CT molecular complexity index is 408. The van der Waals surface area contributed by atoms with Gasteiger partial charge in [-0.15, -0.1) is 0 Å². The van der Waals surface area contributed by atoms with Gasteiger partial charge >= 0.3 is 0 Å². The Morgan fingerprint density at radius 1 is 1.26 bits per heavy atom. The van der Waals surface area contributed by atoms with Crippen molar-refractivity contribution in [2.24, 2.45) is 0 Å². The second-order valence-electron chi connectivity index (χ2n) is 4.42. The van der Waals surface area contributed by atoms with Crippen LogP contribution < -0.4 is 16.8 Å². The van der Waals surface area contributed by atoms with Crippen LogP contribution in [0.25, 0.3) is 0 Å². The zero-order valence-electron chi connectivity index (χ0n) is 11.4. The molecule has 1 amide bonds. The average molecular weight is 265 g/mol. The quantitative estimate of drug-likeness (QED) is 0.493. The van der Waals surface area contributed by atoms with Gasteiger partial charge in [0.2, 0.25) is 0 Å². The molecule has 0 aliphatic rings. The summed E-state index contributed by atoms with van der Waals surface area (Å²) in [5, 5.41) is 2.81. The number of amides is 1. The third-order valence-corrected chi connectivity index (χ3v) is 2.71. The molecule has 0 unspecified atom stereocenters. The van der Waals surface area contributed by atoms with Crippen LogP contribution >= 0.6 is 0 Å². The van der Waals surface area contributed by atoms with Gasteiger partial charge in [-0.05, 0) is 31.0 Å². The van der Waals surface area contributed by atoms with Gasteiger partial charge in [0.15, 0.2) is 0 Å². The van der Waals surface area contributed by atoms with Crippen LogP contribution in [0.5, 0.6) is 0 Å². The lowest BCUT2D eigenvalue weighted by Crippen LogP contribution is -2.26. The topological polar surface area (TPSA) is 90.4 Å². The first kappa shape index (κ1) is 15.3. The first-order valence-electron chi connectivity index (χ1n) is 6.66. The van der Waals surface area contributed by atoms with Crippen molar-refractivity contribution < 1.29 is 9.53 Å². The minimum absolute atomic E-state index is 0.175. The summed E-state index contributed by atoms with van der Waals surface area (Å²) in [6.07, 6.45) is 3.01. The summed E-state index contributed by atoms with van der Waals surface area (Å²) < 4.78 is 5.41.